The minimum atomic E-state index is 0.215. The van der Waals surface area contributed by atoms with Crippen LogP contribution in [0.25, 0.3) is 0 Å². The first-order chi connectivity index (χ1) is 8.22. The molecule has 0 aliphatic heterocycles. The molecule has 0 aromatic rings. The summed E-state index contributed by atoms with van der Waals surface area (Å²) in [4.78, 5) is 2.48. The average molecular weight is 275 g/mol. The Balaban J connectivity index is 4.32. The number of nitrogens with zero attached hydrogens (tertiary/aromatic N) is 1. The fraction of sp³-hybridized carbons (Fsp3) is 1.00. The van der Waals surface area contributed by atoms with Gasteiger partial charge in [0, 0.05) is 30.9 Å². The highest BCUT2D eigenvalue weighted by Gasteiger charge is 2.26. The molecular formula is C15H34N2S. The van der Waals surface area contributed by atoms with Gasteiger partial charge in [0.15, 0.2) is 0 Å². The Labute approximate surface area is 119 Å². The van der Waals surface area contributed by atoms with Crippen LogP contribution in [0.3, 0.4) is 0 Å². The molecule has 0 aromatic carbocycles. The summed E-state index contributed by atoms with van der Waals surface area (Å²) >= 11 is 1.93. The second-order valence-electron chi connectivity index (χ2n) is 6.89. The molecule has 0 saturated carbocycles. The SMILES string of the molecule is CCCC(C)(CNC(C)(C)C)CN(C)CCSC. The van der Waals surface area contributed by atoms with E-state index in [4.69, 9.17) is 0 Å². The molecule has 18 heavy (non-hydrogen) atoms. The Morgan fingerprint density at radius 1 is 1.17 bits per heavy atom. The highest BCUT2D eigenvalue weighted by atomic mass is 32.2. The number of thioether (sulfide) groups is 1. The van der Waals surface area contributed by atoms with Crippen LogP contribution < -0.4 is 5.32 Å². The van der Waals surface area contributed by atoms with Gasteiger partial charge in [-0.25, -0.2) is 0 Å². The van der Waals surface area contributed by atoms with E-state index in [0.717, 1.165) is 6.54 Å². The van der Waals surface area contributed by atoms with Crippen molar-refractivity contribution in [2.45, 2.75) is 53.0 Å². The predicted molar refractivity (Wildman–Crippen MR) is 86.6 cm³/mol. The topological polar surface area (TPSA) is 15.3 Å². The summed E-state index contributed by atoms with van der Waals surface area (Å²) in [6.07, 6.45) is 4.73. The van der Waals surface area contributed by atoms with Crippen LogP contribution in [0.5, 0.6) is 0 Å². The maximum Gasteiger partial charge on any atom is 0.00967 e. The van der Waals surface area contributed by atoms with Crippen molar-refractivity contribution in [3.05, 3.63) is 0 Å². The normalized spacial score (nSPS) is 16.0. The Morgan fingerprint density at radius 3 is 2.22 bits per heavy atom. The van der Waals surface area contributed by atoms with Gasteiger partial charge in [0.25, 0.3) is 0 Å². The van der Waals surface area contributed by atoms with Crippen LogP contribution in [0.1, 0.15) is 47.5 Å². The van der Waals surface area contributed by atoms with Crippen molar-refractivity contribution >= 4 is 11.8 Å². The quantitative estimate of drug-likeness (QED) is 0.693. The van der Waals surface area contributed by atoms with Crippen molar-refractivity contribution < 1.29 is 0 Å². The monoisotopic (exact) mass is 274 g/mol. The van der Waals surface area contributed by atoms with E-state index in [-0.39, 0.29) is 5.54 Å². The first-order valence-corrected chi connectivity index (χ1v) is 8.54. The molecule has 1 N–H and O–H groups in total. The lowest BCUT2D eigenvalue weighted by Gasteiger charge is -2.36. The summed E-state index contributed by atoms with van der Waals surface area (Å²) in [5.41, 5.74) is 0.599. The maximum absolute atomic E-state index is 3.68. The van der Waals surface area contributed by atoms with Crippen molar-refractivity contribution in [1.82, 2.24) is 10.2 Å². The van der Waals surface area contributed by atoms with Gasteiger partial charge in [-0.1, -0.05) is 20.3 Å². The van der Waals surface area contributed by atoms with E-state index in [1.165, 1.54) is 31.7 Å². The van der Waals surface area contributed by atoms with Gasteiger partial charge >= 0.3 is 0 Å². The fourth-order valence-corrected chi connectivity index (χ4v) is 2.78. The van der Waals surface area contributed by atoms with Crippen molar-refractivity contribution in [3.63, 3.8) is 0 Å². The molecule has 0 heterocycles. The van der Waals surface area contributed by atoms with Gasteiger partial charge in [0.2, 0.25) is 0 Å². The first-order valence-electron chi connectivity index (χ1n) is 7.15. The van der Waals surface area contributed by atoms with Crippen molar-refractivity contribution in [1.29, 1.82) is 0 Å². The molecule has 0 spiro atoms. The molecule has 0 radical (unpaired) electrons. The van der Waals surface area contributed by atoms with Crippen LogP contribution in [0, 0.1) is 5.41 Å². The van der Waals surface area contributed by atoms with Crippen molar-refractivity contribution in [2.75, 3.05) is 38.7 Å². The molecule has 0 bridgehead atoms. The molecule has 0 rings (SSSR count). The number of rotatable bonds is 9. The van der Waals surface area contributed by atoms with Crippen LogP contribution in [-0.2, 0) is 0 Å². The van der Waals surface area contributed by atoms with Crippen LogP contribution >= 0.6 is 11.8 Å². The number of hydrogen-bond donors (Lipinski definition) is 1. The Kier molecular flexibility index (Phi) is 8.57. The van der Waals surface area contributed by atoms with E-state index >= 15 is 0 Å². The summed E-state index contributed by atoms with van der Waals surface area (Å²) < 4.78 is 0. The maximum atomic E-state index is 3.68. The van der Waals surface area contributed by atoms with Crippen LogP contribution in [0.2, 0.25) is 0 Å². The van der Waals surface area contributed by atoms with Gasteiger partial charge < -0.3 is 10.2 Å². The van der Waals surface area contributed by atoms with E-state index < -0.39 is 0 Å². The average Bonchev–Trinajstić information content (AvgIpc) is 2.23. The summed E-state index contributed by atoms with van der Waals surface area (Å²) in [5.74, 6) is 1.23. The third-order valence-electron chi connectivity index (χ3n) is 3.23. The minimum absolute atomic E-state index is 0.215. The van der Waals surface area contributed by atoms with Gasteiger partial charge in [-0.2, -0.15) is 11.8 Å². The molecule has 0 saturated heterocycles. The third-order valence-corrected chi connectivity index (χ3v) is 3.82. The zero-order chi connectivity index (χ0) is 14.2. The first kappa shape index (κ1) is 18.3. The minimum Gasteiger partial charge on any atom is -0.311 e. The number of hydrogen-bond acceptors (Lipinski definition) is 3. The zero-order valence-electron chi connectivity index (χ0n) is 13.6. The van der Waals surface area contributed by atoms with Gasteiger partial charge in [0.1, 0.15) is 0 Å². The third kappa shape index (κ3) is 9.23. The molecule has 0 aliphatic carbocycles. The van der Waals surface area contributed by atoms with Gasteiger partial charge in [0.05, 0.1) is 0 Å². The Morgan fingerprint density at radius 2 is 1.78 bits per heavy atom. The Bertz CT molecular complexity index is 213. The summed E-state index contributed by atoms with van der Waals surface area (Å²) in [7, 11) is 2.25. The van der Waals surface area contributed by atoms with Crippen molar-refractivity contribution in [3.8, 4) is 0 Å². The molecule has 3 heteroatoms. The lowest BCUT2D eigenvalue weighted by molar-refractivity contribution is 0.167. The smallest absolute Gasteiger partial charge is 0.00967 e. The zero-order valence-corrected chi connectivity index (χ0v) is 14.4. The molecule has 1 atom stereocenters. The fourth-order valence-electron chi connectivity index (χ4n) is 2.28. The van der Waals surface area contributed by atoms with E-state index in [0.29, 0.717) is 5.41 Å². The number of nitrogens with one attached hydrogen (secondary N) is 1. The molecule has 1 unspecified atom stereocenters. The molecular weight excluding hydrogens is 240 g/mol. The molecule has 2 nitrogen and oxygen atoms in total. The lowest BCUT2D eigenvalue weighted by atomic mass is 9.84. The van der Waals surface area contributed by atoms with Gasteiger partial charge in [-0.3, -0.25) is 0 Å². The van der Waals surface area contributed by atoms with Gasteiger partial charge in [-0.15, -0.1) is 0 Å². The molecule has 110 valence electrons. The van der Waals surface area contributed by atoms with E-state index in [1.807, 2.05) is 11.8 Å². The Hall–Kier alpha value is 0.270. The second kappa shape index (κ2) is 8.44. The van der Waals surface area contributed by atoms with E-state index in [9.17, 15) is 0 Å². The highest BCUT2D eigenvalue weighted by molar-refractivity contribution is 7.98. The molecule has 0 amide bonds. The van der Waals surface area contributed by atoms with Crippen LogP contribution in [0.4, 0.5) is 0 Å². The largest absolute Gasteiger partial charge is 0.311 e. The van der Waals surface area contributed by atoms with Crippen LogP contribution in [0.15, 0.2) is 0 Å². The van der Waals surface area contributed by atoms with Crippen molar-refractivity contribution in [2.24, 2.45) is 5.41 Å². The summed E-state index contributed by atoms with van der Waals surface area (Å²) in [6.45, 7) is 14.9. The molecule has 0 aromatic heterocycles. The summed E-state index contributed by atoms with van der Waals surface area (Å²) in [6, 6.07) is 0. The van der Waals surface area contributed by atoms with E-state index in [1.54, 1.807) is 0 Å². The molecule has 0 fully saturated rings. The standard InChI is InChI=1S/C15H34N2S/c1-8-9-15(5,12-16-14(2,3)4)13-17(6)10-11-18-7/h16H,8-13H2,1-7H3. The summed E-state index contributed by atoms with van der Waals surface area (Å²) in [5, 5.41) is 3.68. The lowest BCUT2D eigenvalue weighted by Crippen LogP contribution is -2.47. The predicted octanol–water partition coefficient (Wildman–Crippen LogP) is 3.48. The van der Waals surface area contributed by atoms with Crippen LogP contribution in [-0.4, -0.2) is 49.1 Å². The second-order valence-corrected chi connectivity index (χ2v) is 7.88. The highest BCUT2D eigenvalue weighted by Crippen LogP contribution is 2.24. The van der Waals surface area contributed by atoms with Gasteiger partial charge in [-0.05, 0) is 45.9 Å². The molecule has 0 aliphatic rings. The van der Waals surface area contributed by atoms with E-state index in [2.05, 4.69) is 58.1 Å².